The molecule has 1 saturated heterocycles. The lowest BCUT2D eigenvalue weighted by Crippen LogP contribution is -2.62. The van der Waals surface area contributed by atoms with Crippen LogP contribution in [0.25, 0.3) is 0 Å². The number of methoxy groups -OCH3 is 2. The summed E-state index contributed by atoms with van der Waals surface area (Å²) in [7, 11) is 3.04. The van der Waals surface area contributed by atoms with Crippen LogP contribution in [0.1, 0.15) is 27.7 Å². The number of hydrogen-bond donors (Lipinski definition) is 0. The summed E-state index contributed by atoms with van der Waals surface area (Å²) in [6.07, 6.45) is -2.88. The Balaban J connectivity index is 3.13. The van der Waals surface area contributed by atoms with Gasteiger partial charge in [0, 0.05) is 28.1 Å². The molecule has 128 valence electrons. The van der Waals surface area contributed by atoms with Gasteiger partial charge in [-0.05, 0) is 5.92 Å². The van der Waals surface area contributed by atoms with Crippen molar-refractivity contribution in [2.45, 2.75) is 58.2 Å². The summed E-state index contributed by atoms with van der Waals surface area (Å²) >= 11 is 0. The highest BCUT2D eigenvalue weighted by Gasteiger charge is 2.50. The van der Waals surface area contributed by atoms with E-state index < -0.39 is 36.4 Å². The van der Waals surface area contributed by atoms with Crippen LogP contribution in [-0.4, -0.2) is 63.3 Å². The van der Waals surface area contributed by atoms with E-state index in [-0.39, 0.29) is 18.6 Å². The summed E-state index contributed by atoms with van der Waals surface area (Å²) in [5, 5.41) is 0. The molecule has 1 aliphatic rings. The minimum absolute atomic E-state index is 0.126. The molecule has 1 fully saturated rings. The second-order valence-electron chi connectivity index (χ2n) is 5.69. The van der Waals surface area contributed by atoms with Crippen LogP contribution >= 0.6 is 0 Å². The zero-order valence-corrected chi connectivity index (χ0v) is 14.0. The van der Waals surface area contributed by atoms with Gasteiger partial charge in [0.15, 0.2) is 12.2 Å². The smallest absolute Gasteiger partial charge is 0.303 e. The Kier molecular flexibility index (Phi) is 7.25. The molecule has 1 rings (SSSR count). The summed E-state index contributed by atoms with van der Waals surface area (Å²) in [6.45, 7) is 6.79. The predicted octanol–water partition coefficient (Wildman–Crippen LogP) is 0.935. The average Bonchev–Trinajstić information content (AvgIpc) is 2.40. The Labute approximate surface area is 131 Å². The first-order valence-corrected chi connectivity index (χ1v) is 7.33. The summed E-state index contributed by atoms with van der Waals surface area (Å²) in [5.74, 6) is -0.824. The van der Waals surface area contributed by atoms with Gasteiger partial charge in [-0.3, -0.25) is 9.59 Å². The first-order chi connectivity index (χ1) is 10.3. The fourth-order valence-corrected chi connectivity index (χ4v) is 2.71. The van der Waals surface area contributed by atoms with E-state index in [9.17, 15) is 9.59 Å². The van der Waals surface area contributed by atoms with Crippen LogP contribution in [0.2, 0.25) is 0 Å². The maximum atomic E-state index is 11.5. The summed E-state index contributed by atoms with van der Waals surface area (Å²) in [5.41, 5.74) is 0. The molecular formula is C15H26O7. The topological polar surface area (TPSA) is 80.3 Å². The number of ether oxygens (including phenoxy) is 5. The first kappa shape index (κ1) is 18.9. The molecule has 0 amide bonds. The lowest BCUT2D eigenvalue weighted by atomic mass is 9.89. The molecule has 5 unspecified atom stereocenters. The van der Waals surface area contributed by atoms with Gasteiger partial charge >= 0.3 is 11.9 Å². The number of carbonyl (C=O) groups excluding carboxylic acids is 2. The van der Waals surface area contributed by atoms with Crippen LogP contribution in [0.3, 0.4) is 0 Å². The molecule has 22 heavy (non-hydrogen) atoms. The zero-order valence-electron chi connectivity index (χ0n) is 14.0. The highest BCUT2D eigenvalue weighted by Crippen LogP contribution is 2.31. The Hall–Kier alpha value is -1.18. The second kappa shape index (κ2) is 8.45. The Morgan fingerprint density at radius 3 is 1.95 bits per heavy atom. The minimum atomic E-state index is -0.777. The summed E-state index contributed by atoms with van der Waals surface area (Å²) in [4.78, 5) is 22.9. The van der Waals surface area contributed by atoms with Crippen molar-refractivity contribution in [3.8, 4) is 0 Å². The van der Waals surface area contributed by atoms with Crippen molar-refractivity contribution in [1.82, 2.24) is 0 Å². The van der Waals surface area contributed by atoms with Gasteiger partial charge in [0.25, 0.3) is 0 Å². The standard InChI is InChI=1S/C15H26O7/c1-8(2)12-14(19-6)15(21-10(4)17)13(20-9(3)16)11(22-12)7-18-5/h8,11-15H,7H2,1-6H3. The predicted molar refractivity (Wildman–Crippen MR) is 77.3 cm³/mol. The molecule has 5 atom stereocenters. The molecule has 0 bridgehead atoms. The van der Waals surface area contributed by atoms with Crippen LogP contribution in [0.4, 0.5) is 0 Å². The van der Waals surface area contributed by atoms with Crippen molar-refractivity contribution in [3.05, 3.63) is 0 Å². The molecule has 0 saturated carbocycles. The fraction of sp³-hybridized carbons (Fsp3) is 0.867. The molecule has 0 radical (unpaired) electrons. The van der Waals surface area contributed by atoms with E-state index >= 15 is 0 Å². The molecule has 0 spiro atoms. The van der Waals surface area contributed by atoms with Crippen molar-refractivity contribution in [2.24, 2.45) is 5.92 Å². The lowest BCUT2D eigenvalue weighted by molar-refractivity contribution is -0.258. The molecule has 1 aliphatic heterocycles. The van der Waals surface area contributed by atoms with Gasteiger partial charge < -0.3 is 23.7 Å². The largest absolute Gasteiger partial charge is 0.456 e. The van der Waals surface area contributed by atoms with Crippen LogP contribution in [-0.2, 0) is 33.3 Å². The van der Waals surface area contributed by atoms with Crippen molar-refractivity contribution in [1.29, 1.82) is 0 Å². The van der Waals surface area contributed by atoms with Gasteiger partial charge in [-0.2, -0.15) is 0 Å². The van der Waals surface area contributed by atoms with Crippen molar-refractivity contribution in [2.75, 3.05) is 20.8 Å². The first-order valence-electron chi connectivity index (χ1n) is 7.33. The third-order valence-electron chi connectivity index (χ3n) is 3.53. The number of hydrogen-bond acceptors (Lipinski definition) is 7. The lowest BCUT2D eigenvalue weighted by Gasteiger charge is -2.46. The molecule has 0 aromatic rings. The molecule has 7 heteroatoms. The fourth-order valence-electron chi connectivity index (χ4n) is 2.71. The number of esters is 2. The summed E-state index contributed by atoms with van der Waals surface area (Å²) in [6, 6.07) is 0. The Morgan fingerprint density at radius 1 is 1.00 bits per heavy atom. The molecule has 1 heterocycles. The van der Waals surface area contributed by atoms with E-state index in [1.165, 1.54) is 28.1 Å². The average molecular weight is 318 g/mol. The van der Waals surface area contributed by atoms with Crippen LogP contribution in [0.5, 0.6) is 0 Å². The molecular weight excluding hydrogens is 292 g/mol. The van der Waals surface area contributed by atoms with Crippen molar-refractivity contribution < 1.29 is 33.3 Å². The summed E-state index contributed by atoms with van der Waals surface area (Å²) < 4.78 is 27.3. The highest BCUT2D eigenvalue weighted by molar-refractivity contribution is 5.67. The van der Waals surface area contributed by atoms with E-state index in [1.54, 1.807) is 0 Å². The van der Waals surface area contributed by atoms with Crippen LogP contribution < -0.4 is 0 Å². The zero-order chi connectivity index (χ0) is 16.9. The van der Waals surface area contributed by atoms with E-state index in [1.807, 2.05) is 13.8 Å². The maximum absolute atomic E-state index is 11.5. The van der Waals surface area contributed by atoms with Crippen LogP contribution in [0, 0.1) is 5.92 Å². The highest BCUT2D eigenvalue weighted by atomic mass is 16.6. The monoisotopic (exact) mass is 318 g/mol. The second-order valence-corrected chi connectivity index (χ2v) is 5.69. The third-order valence-corrected chi connectivity index (χ3v) is 3.53. The van der Waals surface area contributed by atoms with Crippen molar-refractivity contribution >= 4 is 11.9 Å². The third kappa shape index (κ3) is 4.66. The Morgan fingerprint density at radius 2 is 1.55 bits per heavy atom. The van der Waals surface area contributed by atoms with E-state index in [4.69, 9.17) is 23.7 Å². The van der Waals surface area contributed by atoms with E-state index in [2.05, 4.69) is 0 Å². The van der Waals surface area contributed by atoms with Gasteiger partial charge in [0.1, 0.15) is 12.2 Å². The Bertz CT molecular complexity index is 382. The van der Waals surface area contributed by atoms with Crippen LogP contribution in [0.15, 0.2) is 0 Å². The molecule has 0 aromatic heterocycles. The van der Waals surface area contributed by atoms with E-state index in [0.29, 0.717) is 0 Å². The molecule has 0 aromatic carbocycles. The SMILES string of the molecule is COCC1OC(C(C)C)C(OC)C(OC(C)=O)C1OC(C)=O. The van der Waals surface area contributed by atoms with Gasteiger partial charge in [-0.1, -0.05) is 13.8 Å². The molecule has 0 aliphatic carbocycles. The number of carbonyl (C=O) groups is 2. The normalized spacial score (nSPS) is 31.9. The van der Waals surface area contributed by atoms with E-state index in [0.717, 1.165) is 0 Å². The van der Waals surface area contributed by atoms with Gasteiger partial charge in [0.05, 0.1) is 12.7 Å². The maximum Gasteiger partial charge on any atom is 0.303 e. The van der Waals surface area contributed by atoms with Crippen molar-refractivity contribution in [3.63, 3.8) is 0 Å². The van der Waals surface area contributed by atoms with Gasteiger partial charge in [0.2, 0.25) is 0 Å². The molecule has 7 nitrogen and oxygen atoms in total. The quantitative estimate of drug-likeness (QED) is 0.674. The van der Waals surface area contributed by atoms with Gasteiger partial charge in [-0.15, -0.1) is 0 Å². The molecule has 0 N–H and O–H groups in total. The van der Waals surface area contributed by atoms with Gasteiger partial charge in [-0.25, -0.2) is 0 Å². The number of rotatable bonds is 6. The minimum Gasteiger partial charge on any atom is -0.456 e.